The summed E-state index contributed by atoms with van der Waals surface area (Å²) in [5.74, 6) is 0.419. The van der Waals surface area contributed by atoms with Crippen molar-refractivity contribution in [3.63, 3.8) is 0 Å². The SMILES string of the molecule is COC(=O)c1nnc2nc(C)nn2c1C. The second-order valence-electron chi connectivity index (χ2n) is 3.00. The molecule has 0 radical (unpaired) electrons. The molecule has 15 heavy (non-hydrogen) atoms. The third-order valence-corrected chi connectivity index (χ3v) is 1.97. The van der Waals surface area contributed by atoms with Gasteiger partial charge in [-0.3, -0.25) is 0 Å². The second-order valence-corrected chi connectivity index (χ2v) is 3.00. The third-order valence-electron chi connectivity index (χ3n) is 1.97. The van der Waals surface area contributed by atoms with E-state index >= 15 is 0 Å². The molecule has 0 unspecified atom stereocenters. The van der Waals surface area contributed by atoms with Gasteiger partial charge in [-0.25, -0.2) is 4.79 Å². The number of hydrogen-bond acceptors (Lipinski definition) is 6. The van der Waals surface area contributed by atoms with Gasteiger partial charge < -0.3 is 4.74 Å². The van der Waals surface area contributed by atoms with Gasteiger partial charge in [-0.15, -0.1) is 15.3 Å². The molecule has 7 heteroatoms. The molecule has 2 aromatic rings. The Morgan fingerprint density at radius 2 is 2.07 bits per heavy atom. The highest BCUT2D eigenvalue weighted by atomic mass is 16.5. The van der Waals surface area contributed by atoms with Crippen LogP contribution in [0.1, 0.15) is 22.0 Å². The maximum atomic E-state index is 11.3. The van der Waals surface area contributed by atoms with Crippen LogP contribution in [0.4, 0.5) is 0 Å². The molecule has 0 bridgehead atoms. The van der Waals surface area contributed by atoms with Crippen LogP contribution in [0.5, 0.6) is 0 Å². The van der Waals surface area contributed by atoms with E-state index in [0.717, 1.165) is 0 Å². The van der Waals surface area contributed by atoms with Crippen molar-refractivity contribution in [2.45, 2.75) is 13.8 Å². The molecule has 78 valence electrons. The zero-order chi connectivity index (χ0) is 11.0. The molecule has 0 saturated carbocycles. The van der Waals surface area contributed by atoms with Gasteiger partial charge in [0.1, 0.15) is 5.82 Å². The zero-order valence-corrected chi connectivity index (χ0v) is 8.55. The number of aryl methyl sites for hydroxylation is 2. The Labute approximate surface area is 85.1 Å². The van der Waals surface area contributed by atoms with E-state index in [2.05, 4.69) is 25.0 Å². The molecule has 0 aromatic carbocycles. The van der Waals surface area contributed by atoms with Gasteiger partial charge in [0.15, 0.2) is 5.69 Å². The molecule has 0 amide bonds. The van der Waals surface area contributed by atoms with Crippen LogP contribution in [0.2, 0.25) is 0 Å². The highest BCUT2D eigenvalue weighted by Gasteiger charge is 2.16. The van der Waals surface area contributed by atoms with E-state index in [-0.39, 0.29) is 5.69 Å². The number of carbonyl (C=O) groups is 1. The van der Waals surface area contributed by atoms with Gasteiger partial charge in [0.2, 0.25) is 0 Å². The molecular weight excluding hydrogens is 198 g/mol. The Morgan fingerprint density at radius 1 is 1.33 bits per heavy atom. The average molecular weight is 207 g/mol. The molecule has 7 nitrogen and oxygen atoms in total. The number of carbonyl (C=O) groups excluding carboxylic acids is 1. The number of hydrogen-bond donors (Lipinski definition) is 0. The first-order valence-corrected chi connectivity index (χ1v) is 4.28. The van der Waals surface area contributed by atoms with E-state index in [1.807, 2.05) is 0 Å². The Hall–Kier alpha value is -2.05. The van der Waals surface area contributed by atoms with E-state index in [1.165, 1.54) is 11.6 Å². The van der Waals surface area contributed by atoms with Crippen molar-refractivity contribution in [3.8, 4) is 0 Å². The summed E-state index contributed by atoms with van der Waals surface area (Å²) in [4.78, 5) is 15.3. The largest absolute Gasteiger partial charge is 0.464 e. The molecule has 0 aliphatic heterocycles. The molecule has 2 rings (SSSR count). The maximum absolute atomic E-state index is 11.3. The maximum Gasteiger partial charge on any atom is 0.360 e. The van der Waals surface area contributed by atoms with Gasteiger partial charge in [0, 0.05) is 0 Å². The van der Waals surface area contributed by atoms with Crippen molar-refractivity contribution in [1.29, 1.82) is 0 Å². The number of fused-ring (bicyclic) bond motifs is 1. The molecule has 2 aromatic heterocycles. The van der Waals surface area contributed by atoms with Crippen LogP contribution in [-0.4, -0.2) is 37.9 Å². The smallest absolute Gasteiger partial charge is 0.360 e. The summed E-state index contributed by atoms with van der Waals surface area (Å²) in [6.45, 7) is 3.45. The van der Waals surface area contributed by atoms with E-state index in [1.54, 1.807) is 13.8 Å². The summed E-state index contributed by atoms with van der Waals surface area (Å²) < 4.78 is 6.04. The number of methoxy groups -OCH3 is 1. The fourth-order valence-corrected chi connectivity index (χ4v) is 1.25. The summed E-state index contributed by atoms with van der Waals surface area (Å²) in [6.07, 6.45) is 0. The first-order chi connectivity index (χ1) is 7.13. The highest BCUT2D eigenvalue weighted by Crippen LogP contribution is 2.06. The van der Waals surface area contributed by atoms with E-state index in [9.17, 15) is 4.79 Å². The summed E-state index contributed by atoms with van der Waals surface area (Å²) in [5, 5.41) is 11.6. The lowest BCUT2D eigenvalue weighted by atomic mass is 10.3. The molecule has 0 fully saturated rings. The Balaban J connectivity index is 2.69. The molecular formula is C8H9N5O2. The first-order valence-electron chi connectivity index (χ1n) is 4.28. The Bertz CT molecular complexity index is 533. The topological polar surface area (TPSA) is 82.3 Å². The number of aromatic nitrogens is 5. The lowest BCUT2D eigenvalue weighted by Crippen LogP contribution is -2.12. The van der Waals surface area contributed by atoms with Gasteiger partial charge in [0.05, 0.1) is 12.8 Å². The van der Waals surface area contributed by atoms with Crippen molar-refractivity contribution in [2.24, 2.45) is 0 Å². The molecule has 2 heterocycles. The van der Waals surface area contributed by atoms with Crippen LogP contribution < -0.4 is 0 Å². The molecule has 0 aliphatic carbocycles. The Morgan fingerprint density at radius 3 is 2.73 bits per heavy atom. The van der Waals surface area contributed by atoms with Crippen molar-refractivity contribution in [3.05, 3.63) is 17.2 Å². The van der Waals surface area contributed by atoms with E-state index in [4.69, 9.17) is 0 Å². The fraction of sp³-hybridized carbons (Fsp3) is 0.375. The number of ether oxygens (including phenoxy) is 1. The number of rotatable bonds is 1. The van der Waals surface area contributed by atoms with Crippen LogP contribution in [0, 0.1) is 13.8 Å². The first kappa shape index (κ1) is 9.50. The van der Waals surface area contributed by atoms with Gasteiger partial charge in [0.25, 0.3) is 5.78 Å². The zero-order valence-electron chi connectivity index (χ0n) is 8.55. The molecule has 0 aliphatic rings. The summed E-state index contributed by atoms with van der Waals surface area (Å²) in [5.41, 5.74) is 0.711. The van der Waals surface area contributed by atoms with Crippen LogP contribution in [-0.2, 0) is 4.74 Å². The van der Waals surface area contributed by atoms with Crippen molar-refractivity contribution in [2.75, 3.05) is 7.11 Å². The normalized spacial score (nSPS) is 10.6. The summed E-state index contributed by atoms with van der Waals surface area (Å²) >= 11 is 0. The fourth-order valence-electron chi connectivity index (χ4n) is 1.25. The molecule has 0 N–H and O–H groups in total. The van der Waals surface area contributed by atoms with E-state index in [0.29, 0.717) is 17.3 Å². The van der Waals surface area contributed by atoms with Crippen molar-refractivity contribution >= 4 is 11.7 Å². The number of esters is 1. The minimum Gasteiger partial charge on any atom is -0.464 e. The van der Waals surface area contributed by atoms with Crippen LogP contribution >= 0.6 is 0 Å². The molecule has 0 saturated heterocycles. The predicted molar refractivity (Wildman–Crippen MR) is 49.4 cm³/mol. The van der Waals surface area contributed by atoms with Gasteiger partial charge in [-0.2, -0.15) is 9.50 Å². The van der Waals surface area contributed by atoms with Crippen LogP contribution in [0.25, 0.3) is 5.78 Å². The standard InChI is InChI=1S/C8H9N5O2/c1-4-6(7(14)15-3)10-11-8-9-5(2)12-13(4)8/h1-3H3. The van der Waals surface area contributed by atoms with Gasteiger partial charge in [-0.05, 0) is 13.8 Å². The van der Waals surface area contributed by atoms with Crippen molar-refractivity contribution in [1.82, 2.24) is 24.8 Å². The van der Waals surface area contributed by atoms with Gasteiger partial charge in [-0.1, -0.05) is 0 Å². The molecule has 0 spiro atoms. The minimum atomic E-state index is -0.532. The summed E-state index contributed by atoms with van der Waals surface area (Å²) in [6, 6.07) is 0. The lowest BCUT2D eigenvalue weighted by Gasteiger charge is -2.01. The predicted octanol–water partition coefficient (Wildman–Crippen LogP) is -0.0773. The average Bonchev–Trinajstić information content (AvgIpc) is 2.59. The quantitative estimate of drug-likeness (QED) is 0.608. The monoisotopic (exact) mass is 207 g/mol. The molecule has 0 atom stereocenters. The highest BCUT2D eigenvalue weighted by molar-refractivity contribution is 5.88. The Kier molecular flexibility index (Phi) is 2.07. The van der Waals surface area contributed by atoms with Gasteiger partial charge >= 0.3 is 5.97 Å². The number of nitrogens with zero attached hydrogens (tertiary/aromatic N) is 5. The van der Waals surface area contributed by atoms with E-state index < -0.39 is 5.97 Å². The lowest BCUT2D eigenvalue weighted by molar-refractivity contribution is 0.0590. The third kappa shape index (κ3) is 1.41. The van der Waals surface area contributed by atoms with Crippen LogP contribution in [0.15, 0.2) is 0 Å². The minimum absolute atomic E-state index is 0.148. The van der Waals surface area contributed by atoms with Crippen molar-refractivity contribution < 1.29 is 9.53 Å². The summed E-state index contributed by atoms with van der Waals surface area (Å²) in [7, 11) is 1.29. The second kappa shape index (κ2) is 3.26. The van der Waals surface area contributed by atoms with Crippen LogP contribution in [0.3, 0.4) is 0 Å².